The molecule has 0 amide bonds. The molecule has 4 heteroatoms. The fourth-order valence-electron chi connectivity index (χ4n) is 5.56. The Morgan fingerprint density at radius 3 is 2.71 bits per heavy atom. The molecule has 2 atom stereocenters. The normalized spacial score (nSPS) is 28.5. The minimum absolute atomic E-state index is 0.000563. The van der Waals surface area contributed by atoms with Crippen molar-refractivity contribution in [3.8, 4) is 5.75 Å². The first kappa shape index (κ1) is 19.5. The van der Waals surface area contributed by atoms with Crippen LogP contribution in [0.1, 0.15) is 62.5 Å². The average Bonchev–Trinajstić information content (AvgIpc) is 3.06. The van der Waals surface area contributed by atoms with Crippen molar-refractivity contribution < 1.29 is 14.3 Å². The molecule has 1 saturated heterocycles. The van der Waals surface area contributed by atoms with Crippen molar-refractivity contribution in [1.82, 2.24) is 4.90 Å². The Balaban J connectivity index is 1.55. The molecule has 28 heavy (non-hydrogen) atoms. The van der Waals surface area contributed by atoms with Crippen molar-refractivity contribution in [2.45, 2.75) is 69.7 Å². The van der Waals surface area contributed by atoms with Crippen LogP contribution in [0.15, 0.2) is 30.0 Å². The number of hydrogen-bond acceptors (Lipinski definition) is 4. The minimum atomic E-state index is -0.000563. The number of fused-ring (bicyclic) bond motifs is 1. The number of carbonyl (C=O) groups excluding carboxylic acids is 1. The Bertz CT molecular complexity index is 765. The fraction of sp³-hybridized carbons (Fsp3) is 0.625. The van der Waals surface area contributed by atoms with Gasteiger partial charge >= 0.3 is 5.97 Å². The van der Waals surface area contributed by atoms with Crippen molar-refractivity contribution in [3.63, 3.8) is 0 Å². The molecule has 152 valence electrons. The Morgan fingerprint density at radius 1 is 1.21 bits per heavy atom. The maximum absolute atomic E-state index is 12.6. The first-order chi connectivity index (χ1) is 13.5. The number of carbonyl (C=O) groups is 1. The largest absolute Gasteiger partial charge is 0.496 e. The first-order valence-electron chi connectivity index (χ1n) is 10.8. The van der Waals surface area contributed by atoms with Gasteiger partial charge in [-0.2, -0.15) is 0 Å². The molecule has 3 aliphatic rings. The number of rotatable bonds is 4. The molecule has 1 aromatic carbocycles. The van der Waals surface area contributed by atoms with E-state index in [9.17, 15) is 4.79 Å². The van der Waals surface area contributed by atoms with Crippen molar-refractivity contribution in [2.75, 3.05) is 20.7 Å². The van der Waals surface area contributed by atoms with Gasteiger partial charge in [-0.15, -0.1) is 0 Å². The summed E-state index contributed by atoms with van der Waals surface area (Å²) in [6.45, 7) is 3.19. The molecule has 1 aromatic rings. The zero-order chi connectivity index (χ0) is 19.7. The van der Waals surface area contributed by atoms with Crippen LogP contribution >= 0.6 is 0 Å². The van der Waals surface area contributed by atoms with E-state index in [-0.39, 0.29) is 17.3 Å². The van der Waals surface area contributed by atoms with E-state index in [1.165, 1.54) is 17.5 Å². The predicted molar refractivity (Wildman–Crippen MR) is 110 cm³/mol. The van der Waals surface area contributed by atoms with E-state index in [1.54, 1.807) is 7.11 Å². The third-order valence-corrected chi connectivity index (χ3v) is 7.31. The summed E-state index contributed by atoms with van der Waals surface area (Å²) < 4.78 is 11.4. The molecule has 2 aliphatic carbocycles. The quantitative estimate of drug-likeness (QED) is 0.704. The average molecular weight is 384 g/mol. The van der Waals surface area contributed by atoms with E-state index in [1.807, 2.05) is 0 Å². The molecule has 0 bridgehead atoms. The number of benzene rings is 1. The highest BCUT2D eigenvalue weighted by Crippen LogP contribution is 2.48. The van der Waals surface area contributed by atoms with E-state index in [0.717, 1.165) is 63.0 Å². The van der Waals surface area contributed by atoms with Crippen LogP contribution in [0, 0.1) is 12.8 Å². The molecular weight excluding hydrogens is 350 g/mol. The molecule has 2 fully saturated rings. The van der Waals surface area contributed by atoms with Crippen LogP contribution in [0.5, 0.6) is 5.75 Å². The first-order valence-corrected chi connectivity index (χ1v) is 10.8. The van der Waals surface area contributed by atoms with Gasteiger partial charge in [0, 0.05) is 17.9 Å². The summed E-state index contributed by atoms with van der Waals surface area (Å²) in [7, 11) is 3.93. The molecular formula is C24H33NO3. The lowest BCUT2D eigenvalue weighted by Gasteiger charge is -2.41. The van der Waals surface area contributed by atoms with E-state index >= 15 is 0 Å². The number of hydrogen-bond donors (Lipinski definition) is 0. The molecule has 1 aliphatic heterocycles. The second-order valence-electron chi connectivity index (χ2n) is 8.92. The highest BCUT2D eigenvalue weighted by molar-refractivity contribution is 5.73. The van der Waals surface area contributed by atoms with Crippen molar-refractivity contribution in [3.05, 3.63) is 41.2 Å². The number of nitrogens with zero attached hydrogens (tertiary/aromatic N) is 1. The van der Waals surface area contributed by atoms with Crippen LogP contribution in [0.25, 0.3) is 0 Å². The molecule has 4 rings (SSSR count). The Morgan fingerprint density at radius 2 is 2.00 bits per heavy atom. The van der Waals surface area contributed by atoms with Gasteiger partial charge in [-0.25, -0.2) is 0 Å². The van der Waals surface area contributed by atoms with Gasteiger partial charge in [0.1, 0.15) is 11.5 Å². The van der Waals surface area contributed by atoms with Crippen LogP contribution in [0.4, 0.5) is 0 Å². The lowest BCUT2D eigenvalue weighted by atomic mass is 9.68. The van der Waals surface area contributed by atoms with E-state index in [0.29, 0.717) is 6.04 Å². The topological polar surface area (TPSA) is 38.8 Å². The Kier molecular flexibility index (Phi) is 5.50. The number of esters is 1. The lowest BCUT2D eigenvalue weighted by Crippen LogP contribution is -2.43. The standard InChI is InChI=1S/C24H33NO3/c1-17-15-19(9-10-21(17)27-3)24-12-11-20(16-22(24)25(2)14-13-24)28-23(26)18-7-5-4-6-8-18/h9-11,15,18,22H,4-8,12-14,16H2,1-3H3/t22-,24-/m0/s1. The molecule has 4 nitrogen and oxygen atoms in total. The Labute approximate surface area is 168 Å². The van der Waals surface area contributed by atoms with Crippen molar-refractivity contribution in [1.29, 1.82) is 0 Å². The van der Waals surface area contributed by atoms with Crippen LogP contribution in [-0.2, 0) is 14.9 Å². The van der Waals surface area contributed by atoms with Crippen molar-refractivity contribution >= 4 is 5.97 Å². The highest BCUT2D eigenvalue weighted by Gasteiger charge is 2.49. The summed E-state index contributed by atoms with van der Waals surface area (Å²) in [5, 5.41) is 0. The minimum Gasteiger partial charge on any atom is -0.496 e. The van der Waals surface area contributed by atoms with Gasteiger partial charge in [-0.1, -0.05) is 31.4 Å². The molecule has 0 N–H and O–H groups in total. The molecule has 0 unspecified atom stereocenters. The summed E-state index contributed by atoms with van der Waals surface area (Å²) in [5.74, 6) is 1.93. The maximum Gasteiger partial charge on any atom is 0.313 e. The lowest BCUT2D eigenvalue weighted by molar-refractivity contribution is -0.146. The number of allylic oxidation sites excluding steroid dienone is 1. The van der Waals surface area contributed by atoms with Gasteiger partial charge in [0.25, 0.3) is 0 Å². The maximum atomic E-state index is 12.6. The monoisotopic (exact) mass is 383 g/mol. The van der Waals surface area contributed by atoms with E-state index in [4.69, 9.17) is 9.47 Å². The van der Waals surface area contributed by atoms with Crippen LogP contribution in [0.2, 0.25) is 0 Å². The zero-order valence-electron chi connectivity index (χ0n) is 17.5. The van der Waals surface area contributed by atoms with Gasteiger partial charge in [0.15, 0.2) is 0 Å². The molecule has 1 saturated carbocycles. The predicted octanol–water partition coefficient (Wildman–Crippen LogP) is 4.75. The van der Waals surface area contributed by atoms with Crippen molar-refractivity contribution in [2.24, 2.45) is 5.92 Å². The van der Waals surface area contributed by atoms with E-state index in [2.05, 4.69) is 43.1 Å². The fourth-order valence-corrected chi connectivity index (χ4v) is 5.56. The van der Waals surface area contributed by atoms with Gasteiger partial charge in [-0.3, -0.25) is 4.79 Å². The third-order valence-electron chi connectivity index (χ3n) is 7.31. The molecule has 0 spiro atoms. The Hall–Kier alpha value is -1.81. The highest BCUT2D eigenvalue weighted by atomic mass is 16.5. The number of methoxy groups -OCH3 is 1. The summed E-state index contributed by atoms with van der Waals surface area (Å²) in [5.41, 5.74) is 2.67. The zero-order valence-corrected chi connectivity index (χ0v) is 17.5. The smallest absolute Gasteiger partial charge is 0.313 e. The summed E-state index contributed by atoms with van der Waals surface area (Å²) in [4.78, 5) is 15.1. The van der Waals surface area contributed by atoms with Crippen LogP contribution in [0.3, 0.4) is 0 Å². The molecule has 1 heterocycles. The van der Waals surface area contributed by atoms with Crippen LogP contribution in [-0.4, -0.2) is 37.6 Å². The van der Waals surface area contributed by atoms with E-state index < -0.39 is 0 Å². The van der Waals surface area contributed by atoms with Gasteiger partial charge < -0.3 is 14.4 Å². The number of likely N-dealkylation sites (N-methyl/N-ethyl adjacent to an activating group) is 1. The third kappa shape index (κ3) is 3.47. The second-order valence-corrected chi connectivity index (χ2v) is 8.92. The summed E-state index contributed by atoms with van der Waals surface area (Å²) in [6.07, 6.45) is 10.6. The SMILES string of the molecule is COc1ccc([C@@]23CC=C(OC(=O)C4CCCCC4)C[C@@H]2N(C)CC3)cc1C. The van der Waals surface area contributed by atoms with Gasteiger partial charge in [0.05, 0.1) is 13.0 Å². The van der Waals surface area contributed by atoms with Crippen LogP contribution < -0.4 is 4.74 Å². The van der Waals surface area contributed by atoms with Gasteiger partial charge in [0.2, 0.25) is 0 Å². The number of likely N-dealkylation sites (tertiary alicyclic amines) is 1. The number of ether oxygens (including phenoxy) is 2. The number of aryl methyl sites for hydroxylation is 1. The molecule has 0 aromatic heterocycles. The second kappa shape index (κ2) is 7.90. The summed E-state index contributed by atoms with van der Waals surface area (Å²) >= 11 is 0. The van der Waals surface area contributed by atoms with Gasteiger partial charge in [-0.05, 0) is 69.5 Å². The summed E-state index contributed by atoms with van der Waals surface area (Å²) in [6, 6.07) is 6.99. The molecule has 0 radical (unpaired) electrons.